The number of nitrogens with zero attached hydrogens (tertiary/aromatic N) is 1. The van der Waals surface area contributed by atoms with Gasteiger partial charge in [0.1, 0.15) is 17.8 Å². The number of hydrogen-bond acceptors (Lipinski definition) is 6. The number of methoxy groups -OCH3 is 1. The molecule has 1 aromatic rings. The molecule has 0 unspecified atom stereocenters. The third kappa shape index (κ3) is 4.43. The number of carbonyl (C=O) groups is 3. The van der Waals surface area contributed by atoms with Crippen molar-refractivity contribution in [3.8, 4) is 5.75 Å². The first-order valence-corrected chi connectivity index (χ1v) is 7.52. The molecule has 1 fully saturated rings. The van der Waals surface area contributed by atoms with Crippen LogP contribution in [0, 0.1) is 10.1 Å². The number of ether oxygens (including phenoxy) is 1. The quantitative estimate of drug-likeness (QED) is 0.440. The van der Waals surface area contributed by atoms with Crippen LogP contribution in [0.25, 0.3) is 0 Å². The molecule has 0 spiro atoms. The Morgan fingerprint density at radius 1 is 1.52 bits per heavy atom. The fourth-order valence-electron chi connectivity index (χ4n) is 2.56. The van der Waals surface area contributed by atoms with E-state index < -0.39 is 28.8 Å². The maximum absolute atomic E-state index is 12.2. The van der Waals surface area contributed by atoms with E-state index in [0.29, 0.717) is 17.7 Å². The molecular weight excluding hydrogens is 332 g/mol. The number of nitrogens with two attached hydrogens (primary N) is 1. The molecule has 1 aliphatic heterocycles. The minimum Gasteiger partial charge on any atom is -0.496 e. The van der Waals surface area contributed by atoms with Crippen LogP contribution < -0.4 is 21.1 Å². The summed E-state index contributed by atoms with van der Waals surface area (Å²) in [4.78, 5) is 45.4. The molecule has 0 saturated carbocycles. The summed E-state index contributed by atoms with van der Waals surface area (Å²) in [5.41, 5.74) is 5.52. The lowest BCUT2D eigenvalue weighted by Gasteiger charge is -2.19. The molecule has 1 aromatic carbocycles. The molecular formula is C15H18N4O6. The van der Waals surface area contributed by atoms with Crippen LogP contribution in [-0.2, 0) is 20.8 Å². The van der Waals surface area contributed by atoms with Gasteiger partial charge in [-0.2, -0.15) is 0 Å². The van der Waals surface area contributed by atoms with Gasteiger partial charge >= 0.3 is 0 Å². The zero-order chi connectivity index (χ0) is 18.6. The normalized spacial score (nSPS) is 17.5. The molecule has 25 heavy (non-hydrogen) atoms. The van der Waals surface area contributed by atoms with E-state index in [4.69, 9.17) is 10.5 Å². The van der Waals surface area contributed by atoms with Crippen molar-refractivity contribution < 1.29 is 24.0 Å². The molecule has 1 heterocycles. The van der Waals surface area contributed by atoms with Crippen LogP contribution in [0.15, 0.2) is 18.2 Å². The number of carbonyl (C=O) groups excluding carboxylic acids is 3. The first-order valence-electron chi connectivity index (χ1n) is 7.52. The number of benzene rings is 1. The average Bonchev–Trinajstić information content (AvgIpc) is 3.00. The molecule has 2 atom stereocenters. The zero-order valence-electron chi connectivity index (χ0n) is 13.5. The third-order valence-corrected chi connectivity index (χ3v) is 3.87. The fraction of sp³-hybridized carbons (Fsp3) is 0.400. The lowest BCUT2D eigenvalue weighted by Crippen LogP contribution is -2.51. The van der Waals surface area contributed by atoms with Gasteiger partial charge in [0.25, 0.3) is 5.69 Å². The standard InChI is InChI=1S/C15H18N4O6/c1-25-12-4-2-9(19(23)24)6-8(12)7-11(14(16)21)18-15(22)10-3-5-13(20)17-10/h2,4,6,10-11H,3,5,7H2,1H3,(H2,16,21)(H,17,20)(H,18,22)/t10-,11-/m1/s1. The number of primary amides is 1. The highest BCUT2D eigenvalue weighted by molar-refractivity contribution is 5.93. The second kappa shape index (κ2) is 7.60. The average molecular weight is 350 g/mol. The number of amides is 3. The van der Waals surface area contributed by atoms with E-state index in [1.54, 1.807) is 0 Å². The SMILES string of the molecule is COc1ccc([N+](=O)[O-])cc1C[C@@H](NC(=O)[C@H]1CCC(=O)N1)C(N)=O. The second-order valence-corrected chi connectivity index (χ2v) is 5.58. The molecule has 10 nitrogen and oxygen atoms in total. The lowest BCUT2D eigenvalue weighted by atomic mass is 10.0. The molecule has 2 rings (SSSR count). The van der Waals surface area contributed by atoms with E-state index in [-0.39, 0.29) is 24.4 Å². The van der Waals surface area contributed by atoms with Gasteiger partial charge in [-0.05, 0) is 12.5 Å². The molecule has 0 radical (unpaired) electrons. The van der Waals surface area contributed by atoms with Gasteiger partial charge in [-0.1, -0.05) is 0 Å². The number of nitro groups is 1. The summed E-state index contributed by atoms with van der Waals surface area (Å²) in [7, 11) is 1.39. The summed E-state index contributed by atoms with van der Waals surface area (Å²) in [6.45, 7) is 0. The first kappa shape index (κ1) is 18.2. The molecule has 0 bridgehead atoms. The predicted molar refractivity (Wildman–Crippen MR) is 85.6 cm³/mol. The Labute approximate surface area is 142 Å². The van der Waals surface area contributed by atoms with Gasteiger partial charge in [0.05, 0.1) is 12.0 Å². The van der Waals surface area contributed by atoms with Crippen LogP contribution >= 0.6 is 0 Å². The minimum absolute atomic E-state index is 0.0768. The van der Waals surface area contributed by atoms with Crippen molar-refractivity contribution in [3.05, 3.63) is 33.9 Å². The monoisotopic (exact) mass is 350 g/mol. The van der Waals surface area contributed by atoms with Gasteiger partial charge in [-0.3, -0.25) is 24.5 Å². The van der Waals surface area contributed by atoms with Crippen LogP contribution in [0.5, 0.6) is 5.75 Å². The topological polar surface area (TPSA) is 154 Å². The maximum atomic E-state index is 12.2. The lowest BCUT2D eigenvalue weighted by molar-refractivity contribution is -0.384. The third-order valence-electron chi connectivity index (χ3n) is 3.87. The largest absolute Gasteiger partial charge is 0.496 e. The number of nitro benzene ring substituents is 1. The summed E-state index contributed by atoms with van der Waals surface area (Å²) in [6, 6.07) is 2.12. The predicted octanol–water partition coefficient (Wildman–Crippen LogP) is -0.605. The molecule has 4 N–H and O–H groups in total. The van der Waals surface area contributed by atoms with Crippen LogP contribution in [-0.4, -0.2) is 41.8 Å². The van der Waals surface area contributed by atoms with Crippen molar-refractivity contribution in [2.45, 2.75) is 31.3 Å². The fourth-order valence-corrected chi connectivity index (χ4v) is 2.56. The number of rotatable bonds is 7. The van der Waals surface area contributed by atoms with Gasteiger partial charge in [0.15, 0.2) is 0 Å². The van der Waals surface area contributed by atoms with Crippen molar-refractivity contribution in [3.63, 3.8) is 0 Å². The van der Waals surface area contributed by atoms with Gasteiger partial charge < -0.3 is 21.1 Å². The van der Waals surface area contributed by atoms with Crippen LogP contribution in [0.2, 0.25) is 0 Å². The van der Waals surface area contributed by atoms with Crippen molar-refractivity contribution in [1.29, 1.82) is 0 Å². The van der Waals surface area contributed by atoms with E-state index in [2.05, 4.69) is 10.6 Å². The smallest absolute Gasteiger partial charge is 0.269 e. The summed E-state index contributed by atoms with van der Waals surface area (Å²) in [6.07, 6.45) is 0.487. The van der Waals surface area contributed by atoms with Gasteiger partial charge in [-0.15, -0.1) is 0 Å². The van der Waals surface area contributed by atoms with Crippen LogP contribution in [0.3, 0.4) is 0 Å². The van der Waals surface area contributed by atoms with Crippen molar-refractivity contribution >= 4 is 23.4 Å². The highest BCUT2D eigenvalue weighted by atomic mass is 16.6. The molecule has 0 aliphatic carbocycles. The Kier molecular flexibility index (Phi) is 5.52. The Hall–Kier alpha value is -3.17. The van der Waals surface area contributed by atoms with Gasteiger partial charge in [0, 0.05) is 30.5 Å². The van der Waals surface area contributed by atoms with Crippen molar-refractivity contribution in [2.24, 2.45) is 5.73 Å². The molecule has 10 heteroatoms. The molecule has 1 aliphatic rings. The summed E-state index contributed by atoms with van der Waals surface area (Å²) in [5.74, 6) is -1.23. The van der Waals surface area contributed by atoms with Crippen molar-refractivity contribution in [1.82, 2.24) is 10.6 Å². The van der Waals surface area contributed by atoms with E-state index in [9.17, 15) is 24.5 Å². The van der Waals surface area contributed by atoms with Gasteiger partial charge in [-0.25, -0.2) is 0 Å². The summed E-state index contributed by atoms with van der Waals surface area (Å²) >= 11 is 0. The Bertz CT molecular complexity index is 720. The van der Waals surface area contributed by atoms with Gasteiger partial charge in [0.2, 0.25) is 17.7 Å². The van der Waals surface area contributed by atoms with E-state index in [1.165, 1.54) is 25.3 Å². The minimum atomic E-state index is -1.10. The molecule has 134 valence electrons. The van der Waals surface area contributed by atoms with Crippen LogP contribution in [0.4, 0.5) is 5.69 Å². The Balaban J connectivity index is 2.17. The van der Waals surface area contributed by atoms with E-state index >= 15 is 0 Å². The van der Waals surface area contributed by atoms with E-state index in [0.717, 1.165) is 0 Å². The second-order valence-electron chi connectivity index (χ2n) is 5.58. The molecule has 3 amide bonds. The number of nitrogens with one attached hydrogen (secondary N) is 2. The Morgan fingerprint density at radius 3 is 2.76 bits per heavy atom. The molecule has 1 saturated heterocycles. The zero-order valence-corrected chi connectivity index (χ0v) is 13.5. The first-order chi connectivity index (χ1) is 11.8. The number of hydrogen-bond donors (Lipinski definition) is 3. The molecule has 0 aromatic heterocycles. The highest BCUT2D eigenvalue weighted by Crippen LogP contribution is 2.25. The summed E-state index contributed by atoms with van der Waals surface area (Å²) < 4.78 is 5.14. The summed E-state index contributed by atoms with van der Waals surface area (Å²) in [5, 5.41) is 15.9. The Morgan fingerprint density at radius 2 is 2.24 bits per heavy atom. The van der Waals surface area contributed by atoms with Crippen molar-refractivity contribution in [2.75, 3.05) is 7.11 Å². The van der Waals surface area contributed by atoms with E-state index in [1.807, 2.05) is 0 Å². The number of non-ortho nitro benzene ring substituents is 1. The maximum Gasteiger partial charge on any atom is 0.269 e. The highest BCUT2D eigenvalue weighted by Gasteiger charge is 2.30. The van der Waals surface area contributed by atoms with Crippen LogP contribution in [0.1, 0.15) is 18.4 Å².